The highest BCUT2D eigenvalue weighted by molar-refractivity contribution is 5.91. The normalized spacial score (nSPS) is 16.9. The molecular formula is C25H24N6O2. The zero-order valence-corrected chi connectivity index (χ0v) is 18.3. The molecule has 1 unspecified atom stereocenters. The first-order chi connectivity index (χ1) is 16.2. The second kappa shape index (κ2) is 7.88. The van der Waals surface area contributed by atoms with Gasteiger partial charge in [0.25, 0.3) is 5.91 Å². The van der Waals surface area contributed by atoms with Crippen molar-refractivity contribution in [3.05, 3.63) is 71.2 Å². The van der Waals surface area contributed by atoms with Crippen molar-refractivity contribution in [2.75, 3.05) is 7.11 Å². The second-order valence-corrected chi connectivity index (χ2v) is 8.56. The molecule has 6 rings (SSSR count). The van der Waals surface area contributed by atoms with Crippen LogP contribution in [-0.4, -0.2) is 43.8 Å². The zero-order valence-electron chi connectivity index (χ0n) is 18.3. The van der Waals surface area contributed by atoms with Crippen molar-refractivity contribution in [2.45, 2.75) is 38.1 Å². The number of carbonyl (C=O) groups excluding carboxylic acids is 1. The summed E-state index contributed by atoms with van der Waals surface area (Å²) in [5.74, 6) is 1.03. The molecule has 166 valence electrons. The molecule has 1 amide bonds. The molecule has 8 heteroatoms. The number of nitrogens with one attached hydrogen (secondary N) is 2. The molecule has 0 saturated carbocycles. The van der Waals surface area contributed by atoms with Crippen LogP contribution in [0.5, 0.6) is 5.75 Å². The van der Waals surface area contributed by atoms with E-state index in [0.717, 1.165) is 77.1 Å². The first-order valence-electron chi connectivity index (χ1n) is 11.2. The van der Waals surface area contributed by atoms with Crippen LogP contribution in [0.1, 0.15) is 46.1 Å². The summed E-state index contributed by atoms with van der Waals surface area (Å²) in [6.07, 6.45) is 12.2. The summed E-state index contributed by atoms with van der Waals surface area (Å²) >= 11 is 0. The molecule has 2 aliphatic carbocycles. The van der Waals surface area contributed by atoms with E-state index in [-0.39, 0.29) is 11.9 Å². The average Bonchev–Trinajstić information content (AvgIpc) is 3.47. The number of allylic oxidation sites excluding steroid dienone is 1. The molecule has 8 nitrogen and oxygen atoms in total. The van der Waals surface area contributed by atoms with Gasteiger partial charge in [-0.3, -0.25) is 9.78 Å². The van der Waals surface area contributed by atoms with Crippen LogP contribution < -0.4 is 10.1 Å². The molecule has 3 aromatic heterocycles. The lowest BCUT2D eigenvalue weighted by Crippen LogP contribution is -2.39. The van der Waals surface area contributed by atoms with Crippen molar-refractivity contribution in [3.8, 4) is 11.4 Å². The fraction of sp³-hybridized carbons (Fsp3) is 0.280. The molecule has 0 bridgehead atoms. The van der Waals surface area contributed by atoms with Gasteiger partial charge in [0.05, 0.1) is 29.7 Å². The number of pyridine rings is 1. The Morgan fingerprint density at radius 2 is 2.21 bits per heavy atom. The van der Waals surface area contributed by atoms with E-state index in [1.165, 1.54) is 0 Å². The van der Waals surface area contributed by atoms with Gasteiger partial charge in [0, 0.05) is 29.5 Å². The Balaban J connectivity index is 1.23. The Morgan fingerprint density at radius 1 is 1.27 bits per heavy atom. The van der Waals surface area contributed by atoms with E-state index in [1.807, 2.05) is 35.0 Å². The number of hydrogen-bond donors (Lipinski definition) is 2. The van der Waals surface area contributed by atoms with Gasteiger partial charge in [-0.15, -0.1) is 0 Å². The van der Waals surface area contributed by atoms with Gasteiger partial charge in [0.2, 0.25) is 0 Å². The maximum Gasteiger partial charge on any atom is 0.287 e. The van der Waals surface area contributed by atoms with Gasteiger partial charge in [0.15, 0.2) is 5.82 Å². The molecule has 1 aromatic carbocycles. The van der Waals surface area contributed by atoms with E-state index in [2.05, 4.69) is 32.5 Å². The summed E-state index contributed by atoms with van der Waals surface area (Å²) in [5.41, 5.74) is 6.00. The number of rotatable bonds is 4. The lowest BCUT2D eigenvalue weighted by atomic mass is 9.93. The van der Waals surface area contributed by atoms with Crippen molar-refractivity contribution in [3.63, 3.8) is 0 Å². The number of imidazole rings is 1. The van der Waals surface area contributed by atoms with Crippen molar-refractivity contribution in [2.24, 2.45) is 0 Å². The Hall–Kier alpha value is -3.94. The van der Waals surface area contributed by atoms with Crippen molar-refractivity contribution in [1.82, 2.24) is 30.0 Å². The smallest absolute Gasteiger partial charge is 0.287 e. The predicted octanol–water partition coefficient (Wildman–Crippen LogP) is 3.40. The number of H-pyrrole nitrogens is 1. The molecule has 0 spiro atoms. The van der Waals surface area contributed by atoms with Gasteiger partial charge in [0.1, 0.15) is 5.75 Å². The Bertz CT molecular complexity index is 1400. The van der Waals surface area contributed by atoms with E-state index in [1.54, 1.807) is 13.3 Å². The molecule has 2 aliphatic rings. The molecule has 2 N–H and O–H groups in total. The van der Waals surface area contributed by atoms with E-state index >= 15 is 0 Å². The number of aromatic nitrogens is 5. The Kier molecular flexibility index (Phi) is 4.71. The quantitative estimate of drug-likeness (QED) is 0.507. The van der Waals surface area contributed by atoms with Crippen LogP contribution in [0.25, 0.3) is 22.7 Å². The van der Waals surface area contributed by atoms with Gasteiger partial charge in [-0.05, 0) is 68.0 Å². The Labute approximate surface area is 190 Å². The standard InChI is InChI=1S/C25H24N6O2/c1-33-17-7-9-20-18(13-17)23(10-11-26-20)31-14-15-12-16(6-8-19(15)30-31)27-25(32)24-28-21-4-2-3-5-22(21)29-24/h2,4,7,9-11,13-14,16H,3,5-6,8,12H2,1H3,(H,27,32)(H,28,29). The maximum absolute atomic E-state index is 12.8. The minimum absolute atomic E-state index is 0.0506. The highest BCUT2D eigenvalue weighted by atomic mass is 16.5. The van der Waals surface area contributed by atoms with Crippen molar-refractivity contribution < 1.29 is 9.53 Å². The van der Waals surface area contributed by atoms with Crippen LogP contribution in [0.2, 0.25) is 0 Å². The fourth-order valence-electron chi connectivity index (χ4n) is 4.72. The SMILES string of the molecule is COc1ccc2nccc(-n3cc4c(n3)CCC(NC(=O)c3nc5c([nH]3)CCC=C5)C4)c2c1. The summed E-state index contributed by atoms with van der Waals surface area (Å²) in [5, 5.41) is 8.99. The number of hydrogen-bond acceptors (Lipinski definition) is 5. The van der Waals surface area contributed by atoms with Gasteiger partial charge in [-0.25, -0.2) is 9.67 Å². The first kappa shape index (κ1) is 19.7. The first-order valence-corrected chi connectivity index (χ1v) is 11.2. The Morgan fingerprint density at radius 3 is 3.09 bits per heavy atom. The van der Waals surface area contributed by atoms with Gasteiger partial charge < -0.3 is 15.0 Å². The van der Waals surface area contributed by atoms with E-state index in [9.17, 15) is 4.79 Å². The van der Waals surface area contributed by atoms with Crippen molar-refractivity contribution >= 4 is 22.9 Å². The summed E-state index contributed by atoms with van der Waals surface area (Å²) in [7, 11) is 1.66. The number of fused-ring (bicyclic) bond motifs is 3. The van der Waals surface area contributed by atoms with Crippen LogP contribution in [0, 0.1) is 0 Å². The van der Waals surface area contributed by atoms with E-state index in [0.29, 0.717) is 5.82 Å². The molecule has 33 heavy (non-hydrogen) atoms. The number of aryl methyl sites for hydroxylation is 2. The fourth-order valence-corrected chi connectivity index (χ4v) is 4.72. The second-order valence-electron chi connectivity index (χ2n) is 8.56. The van der Waals surface area contributed by atoms with Crippen molar-refractivity contribution in [1.29, 1.82) is 0 Å². The lowest BCUT2D eigenvalue weighted by molar-refractivity contribution is 0.0924. The number of nitrogens with zero attached hydrogens (tertiary/aromatic N) is 4. The number of methoxy groups -OCH3 is 1. The maximum atomic E-state index is 12.8. The van der Waals surface area contributed by atoms with E-state index in [4.69, 9.17) is 9.84 Å². The molecule has 1 atom stereocenters. The van der Waals surface area contributed by atoms with Gasteiger partial charge in [-0.1, -0.05) is 6.08 Å². The van der Waals surface area contributed by atoms with Crippen LogP contribution in [0.4, 0.5) is 0 Å². The minimum Gasteiger partial charge on any atom is -0.497 e. The molecular weight excluding hydrogens is 416 g/mol. The van der Waals surface area contributed by atoms with Crippen LogP contribution in [0.3, 0.4) is 0 Å². The lowest BCUT2D eigenvalue weighted by Gasteiger charge is -2.21. The number of carbonyl (C=O) groups is 1. The number of amides is 1. The molecule has 0 fully saturated rings. The predicted molar refractivity (Wildman–Crippen MR) is 125 cm³/mol. The third-order valence-electron chi connectivity index (χ3n) is 6.44. The third kappa shape index (κ3) is 3.57. The minimum atomic E-state index is -0.147. The summed E-state index contributed by atoms with van der Waals surface area (Å²) < 4.78 is 7.32. The highest BCUT2D eigenvalue weighted by Gasteiger charge is 2.25. The van der Waals surface area contributed by atoms with Crippen LogP contribution in [-0.2, 0) is 19.3 Å². The molecule has 0 aliphatic heterocycles. The number of aromatic amines is 1. The number of ether oxygens (including phenoxy) is 1. The summed E-state index contributed by atoms with van der Waals surface area (Å²) in [6, 6.07) is 7.86. The third-order valence-corrected chi connectivity index (χ3v) is 6.44. The van der Waals surface area contributed by atoms with Gasteiger partial charge >= 0.3 is 0 Å². The van der Waals surface area contributed by atoms with Crippen LogP contribution >= 0.6 is 0 Å². The average molecular weight is 441 g/mol. The topological polar surface area (TPSA) is 97.7 Å². The molecule has 4 aromatic rings. The largest absolute Gasteiger partial charge is 0.497 e. The highest BCUT2D eigenvalue weighted by Crippen LogP contribution is 2.27. The monoisotopic (exact) mass is 440 g/mol. The van der Waals surface area contributed by atoms with E-state index < -0.39 is 0 Å². The number of benzene rings is 1. The molecule has 0 radical (unpaired) electrons. The van der Waals surface area contributed by atoms with Gasteiger partial charge in [-0.2, -0.15) is 5.10 Å². The molecule has 0 saturated heterocycles. The van der Waals surface area contributed by atoms with Crippen LogP contribution in [0.15, 0.2) is 42.7 Å². The zero-order chi connectivity index (χ0) is 22.4. The molecule has 3 heterocycles. The summed E-state index contributed by atoms with van der Waals surface area (Å²) in [4.78, 5) is 24.9. The summed E-state index contributed by atoms with van der Waals surface area (Å²) in [6.45, 7) is 0.